The largest absolute Gasteiger partial charge is 0.487 e. The first-order chi connectivity index (χ1) is 14.9. The number of benzene rings is 3. The first-order valence-corrected chi connectivity index (χ1v) is 11.2. The average Bonchev–Trinajstić information content (AvgIpc) is 3.09. The number of hydrogen-bond donors (Lipinski definition) is 0. The van der Waals surface area contributed by atoms with Gasteiger partial charge in [-0.15, -0.1) is 0 Å². The van der Waals surface area contributed by atoms with Gasteiger partial charge in [-0.25, -0.2) is 18.6 Å². The molecular weight excluding hydrogens is 630 g/mol. The maximum absolute atomic E-state index is 14.0. The van der Waals surface area contributed by atoms with Crippen molar-refractivity contribution in [3.05, 3.63) is 102 Å². The number of rotatable bonds is 5. The summed E-state index contributed by atoms with van der Waals surface area (Å²) in [6, 6.07) is 16.0. The molecule has 0 amide bonds. The molecule has 0 radical (unpaired) electrons. The molecule has 1 aliphatic heterocycles. The molecule has 0 saturated heterocycles. The minimum Gasteiger partial charge on any atom is -0.487 e. The van der Waals surface area contributed by atoms with E-state index in [-0.39, 0.29) is 29.6 Å². The standard InChI is InChI=1S/C23H13F2I2NO3/c24-16-7-3-1-5-14(16)12-30-21-18(26)9-13(10-19(21)27)11-20-23(29)31-22(28-20)15-6-2-4-8-17(15)25/h1-11H,12H2/b20-11-. The Morgan fingerprint density at radius 3 is 2.29 bits per heavy atom. The Bertz CT molecular complexity index is 1220. The molecule has 0 aromatic heterocycles. The summed E-state index contributed by atoms with van der Waals surface area (Å²) in [5.74, 6) is -0.934. The molecule has 0 N–H and O–H groups in total. The molecule has 0 unspecified atom stereocenters. The van der Waals surface area contributed by atoms with E-state index in [0.717, 1.165) is 7.14 Å². The first-order valence-electron chi connectivity index (χ1n) is 9.05. The van der Waals surface area contributed by atoms with Crippen LogP contribution in [-0.2, 0) is 16.1 Å². The third-order valence-electron chi connectivity index (χ3n) is 4.38. The third kappa shape index (κ3) is 4.95. The molecule has 3 aromatic carbocycles. The van der Waals surface area contributed by atoms with Crippen molar-refractivity contribution >= 4 is 63.1 Å². The minimum atomic E-state index is -0.650. The summed E-state index contributed by atoms with van der Waals surface area (Å²) in [5.41, 5.74) is 1.37. The van der Waals surface area contributed by atoms with Gasteiger partial charge in [0.25, 0.3) is 0 Å². The number of hydrogen-bond acceptors (Lipinski definition) is 4. The number of nitrogens with zero attached hydrogens (tertiary/aromatic N) is 1. The molecule has 0 bridgehead atoms. The molecule has 4 nitrogen and oxygen atoms in total. The number of halogens is 4. The van der Waals surface area contributed by atoms with E-state index in [2.05, 4.69) is 50.2 Å². The topological polar surface area (TPSA) is 47.9 Å². The average molecular weight is 643 g/mol. The van der Waals surface area contributed by atoms with E-state index in [1.54, 1.807) is 36.4 Å². The van der Waals surface area contributed by atoms with Crippen LogP contribution >= 0.6 is 45.2 Å². The Morgan fingerprint density at radius 1 is 0.968 bits per heavy atom. The Morgan fingerprint density at radius 2 is 1.61 bits per heavy atom. The fourth-order valence-electron chi connectivity index (χ4n) is 2.88. The third-order valence-corrected chi connectivity index (χ3v) is 5.98. The first kappa shape index (κ1) is 21.9. The number of ether oxygens (including phenoxy) is 2. The van der Waals surface area contributed by atoms with Crippen LogP contribution in [0.5, 0.6) is 5.75 Å². The van der Waals surface area contributed by atoms with Gasteiger partial charge in [0.1, 0.15) is 24.0 Å². The Labute approximate surface area is 204 Å². The minimum absolute atomic E-state index is 0.0661. The second-order valence-corrected chi connectivity index (χ2v) is 8.83. The summed E-state index contributed by atoms with van der Waals surface area (Å²) < 4.78 is 40.3. The second-order valence-electron chi connectivity index (χ2n) is 6.51. The van der Waals surface area contributed by atoms with Crippen molar-refractivity contribution in [2.45, 2.75) is 6.61 Å². The van der Waals surface area contributed by atoms with Crippen LogP contribution in [0.3, 0.4) is 0 Å². The van der Waals surface area contributed by atoms with Gasteiger partial charge >= 0.3 is 5.97 Å². The number of cyclic esters (lactones) is 1. The maximum Gasteiger partial charge on any atom is 0.363 e. The van der Waals surface area contributed by atoms with Gasteiger partial charge in [0.2, 0.25) is 5.90 Å². The zero-order valence-electron chi connectivity index (χ0n) is 15.7. The van der Waals surface area contributed by atoms with Crippen LogP contribution in [-0.4, -0.2) is 11.9 Å². The van der Waals surface area contributed by atoms with Gasteiger partial charge in [-0.3, -0.25) is 0 Å². The molecule has 0 saturated carbocycles. The van der Waals surface area contributed by atoms with Gasteiger partial charge < -0.3 is 9.47 Å². The fourth-order valence-corrected chi connectivity index (χ4v) is 5.01. The van der Waals surface area contributed by atoms with Gasteiger partial charge in [-0.2, -0.15) is 0 Å². The van der Waals surface area contributed by atoms with E-state index < -0.39 is 11.8 Å². The van der Waals surface area contributed by atoms with Crippen molar-refractivity contribution in [2.24, 2.45) is 4.99 Å². The van der Waals surface area contributed by atoms with Crippen molar-refractivity contribution in [3.8, 4) is 5.75 Å². The second kappa shape index (κ2) is 9.43. The number of aliphatic imine (C=N–C) groups is 1. The molecule has 0 atom stereocenters. The molecule has 0 spiro atoms. The highest BCUT2D eigenvalue weighted by Gasteiger charge is 2.26. The lowest BCUT2D eigenvalue weighted by Crippen LogP contribution is -2.07. The zero-order chi connectivity index (χ0) is 22.0. The van der Waals surface area contributed by atoms with Crippen molar-refractivity contribution in [1.82, 2.24) is 0 Å². The summed E-state index contributed by atoms with van der Waals surface area (Å²) in [6.07, 6.45) is 1.57. The fraction of sp³-hybridized carbons (Fsp3) is 0.0435. The van der Waals surface area contributed by atoms with Gasteiger partial charge in [-0.05, 0) is 87.2 Å². The quantitative estimate of drug-likeness (QED) is 0.192. The normalized spacial score (nSPS) is 14.5. The van der Waals surface area contributed by atoms with Crippen LogP contribution in [0.25, 0.3) is 6.08 Å². The Kier molecular flexibility index (Phi) is 6.65. The summed E-state index contributed by atoms with van der Waals surface area (Å²) in [4.78, 5) is 16.4. The number of carbonyl (C=O) groups excluding carboxylic acids is 1. The van der Waals surface area contributed by atoms with Gasteiger partial charge in [-0.1, -0.05) is 30.3 Å². The summed E-state index contributed by atoms with van der Waals surface area (Å²) in [7, 11) is 0. The molecule has 31 heavy (non-hydrogen) atoms. The van der Waals surface area contributed by atoms with Crippen molar-refractivity contribution in [3.63, 3.8) is 0 Å². The highest BCUT2D eigenvalue weighted by molar-refractivity contribution is 14.1. The summed E-state index contributed by atoms with van der Waals surface area (Å²) in [6.45, 7) is 0.0989. The van der Waals surface area contributed by atoms with Crippen LogP contribution in [0.4, 0.5) is 8.78 Å². The van der Waals surface area contributed by atoms with Crippen LogP contribution in [0.15, 0.2) is 71.4 Å². The van der Waals surface area contributed by atoms with Crippen LogP contribution in [0.1, 0.15) is 16.7 Å². The number of carbonyl (C=O) groups is 1. The monoisotopic (exact) mass is 643 g/mol. The molecule has 8 heteroatoms. The lowest BCUT2D eigenvalue weighted by atomic mass is 10.2. The predicted molar refractivity (Wildman–Crippen MR) is 130 cm³/mol. The summed E-state index contributed by atoms with van der Waals surface area (Å²) >= 11 is 4.24. The molecular formula is C23H13F2I2NO3. The van der Waals surface area contributed by atoms with E-state index in [9.17, 15) is 13.6 Å². The van der Waals surface area contributed by atoms with Crippen LogP contribution in [0, 0.1) is 18.8 Å². The van der Waals surface area contributed by atoms with E-state index in [4.69, 9.17) is 9.47 Å². The van der Waals surface area contributed by atoms with E-state index >= 15 is 0 Å². The van der Waals surface area contributed by atoms with Crippen molar-refractivity contribution < 1.29 is 23.0 Å². The molecule has 3 aromatic rings. The van der Waals surface area contributed by atoms with E-state index in [1.165, 1.54) is 18.2 Å². The molecule has 1 heterocycles. The number of esters is 1. The van der Waals surface area contributed by atoms with Gasteiger partial charge in [0, 0.05) is 5.56 Å². The molecule has 0 fully saturated rings. The SMILES string of the molecule is O=C1OC(c2ccccc2F)=N/C1=C\c1cc(I)c(OCc2ccccc2F)c(I)c1. The highest BCUT2D eigenvalue weighted by atomic mass is 127. The molecule has 1 aliphatic rings. The molecule has 4 rings (SSSR count). The Hall–Kier alpha value is -2.34. The lowest BCUT2D eigenvalue weighted by Gasteiger charge is -2.12. The summed E-state index contributed by atoms with van der Waals surface area (Å²) in [5, 5.41) is 0. The van der Waals surface area contributed by atoms with Crippen LogP contribution in [0.2, 0.25) is 0 Å². The lowest BCUT2D eigenvalue weighted by molar-refractivity contribution is -0.129. The van der Waals surface area contributed by atoms with E-state index in [1.807, 2.05) is 12.1 Å². The van der Waals surface area contributed by atoms with Gasteiger partial charge in [0.15, 0.2) is 5.70 Å². The van der Waals surface area contributed by atoms with Gasteiger partial charge in [0.05, 0.1) is 12.7 Å². The zero-order valence-corrected chi connectivity index (χ0v) is 20.1. The van der Waals surface area contributed by atoms with E-state index in [0.29, 0.717) is 16.9 Å². The smallest absolute Gasteiger partial charge is 0.363 e. The van der Waals surface area contributed by atoms with Crippen molar-refractivity contribution in [1.29, 1.82) is 0 Å². The van der Waals surface area contributed by atoms with Crippen LogP contribution < -0.4 is 4.74 Å². The maximum atomic E-state index is 14.0. The van der Waals surface area contributed by atoms with Crippen molar-refractivity contribution in [2.75, 3.05) is 0 Å². The predicted octanol–water partition coefficient (Wildman–Crippen LogP) is 6.10. The highest BCUT2D eigenvalue weighted by Crippen LogP contribution is 2.31. The Balaban J connectivity index is 1.58. The molecule has 156 valence electrons. The molecule has 0 aliphatic carbocycles.